The molecule has 4 N–H and O–H groups in total. The van der Waals surface area contributed by atoms with Crippen molar-refractivity contribution in [2.45, 2.75) is 5.03 Å². The van der Waals surface area contributed by atoms with Crippen LogP contribution in [0.25, 0.3) is 0 Å². The number of H-pyrrole nitrogens is 1. The van der Waals surface area contributed by atoms with Crippen LogP contribution in [0.4, 0.5) is 5.69 Å². The second kappa shape index (κ2) is 5.27. The highest BCUT2D eigenvalue weighted by Gasteiger charge is 2.17. The minimum absolute atomic E-state index is 0.0159. The van der Waals surface area contributed by atoms with E-state index in [1.54, 1.807) is 18.2 Å². The normalized spacial score (nSPS) is 11.2. The van der Waals surface area contributed by atoms with E-state index < -0.39 is 10.0 Å². The Balaban J connectivity index is 2.32. The molecule has 6 nitrogen and oxygen atoms in total. The van der Waals surface area contributed by atoms with Crippen molar-refractivity contribution in [1.29, 1.82) is 0 Å². The van der Waals surface area contributed by atoms with Gasteiger partial charge in [-0.3, -0.25) is 9.82 Å². The maximum absolute atomic E-state index is 12.0. The predicted molar refractivity (Wildman–Crippen MR) is 79.4 cm³/mol. The minimum Gasteiger partial charge on any atom is -0.389 e. The van der Waals surface area contributed by atoms with Gasteiger partial charge in [0.05, 0.1) is 11.9 Å². The number of benzene rings is 1. The van der Waals surface area contributed by atoms with Gasteiger partial charge in [-0.1, -0.05) is 12.2 Å². The molecule has 0 saturated carbocycles. The van der Waals surface area contributed by atoms with Crippen LogP contribution >= 0.6 is 28.1 Å². The van der Waals surface area contributed by atoms with Gasteiger partial charge in [0.2, 0.25) is 0 Å². The molecule has 2 rings (SSSR count). The Morgan fingerprint density at radius 3 is 2.68 bits per heavy atom. The van der Waals surface area contributed by atoms with Crippen LogP contribution in [-0.2, 0) is 10.0 Å². The largest absolute Gasteiger partial charge is 0.389 e. The van der Waals surface area contributed by atoms with E-state index >= 15 is 0 Å². The summed E-state index contributed by atoms with van der Waals surface area (Å²) in [7, 11) is -3.69. The molecule has 0 atom stereocenters. The summed E-state index contributed by atoms with van der Waals surface area (Å²) in [6, 6.07) is 6.22. The Labute approximate surface area is 123 Å². The number of nitrogens with zero attached hydrogens (tertiary/aromatic N) is 1. The third kappa shape index (κ3) is 3.11. The van der Waals surface area contributed by atoms with Crippen LogP contribution in [0.15, 0.2) is 40.0 Å². The fraction of sp³-hybridized carbons (Fsp3) is 0. The molecule has 1 heterocycles. The Kier molecular flexibility index (Phi) is 3.88. The summed E-state index contributed by atoms with van der Waals surface area (Å²) in [5.41, 5.74) is 6.52. The van der Waals surface area contributed by atoms with E-state index in [1.165, 1.54) is 12.3 Å². The van der Waals surface area contributed by atoms with Crippen LogP contribution in [0.5, 0.6) is 0 Å². The standard InChI is InChI=1S/C10H9BrN4O2S2/c11-7-5-6(10(12)18)1-2-8(7)15-19(16,17)9-3-4-13-14-9/h1-5,15H,(H2,12,18)(H,13,14). The Morgan fingerprint density at radius 2 is 2.16 bits per heavy atom. The van der Waals surface area contributed by atoms with Gasteiger partial charge in [-0.2, -0.15) is 13.5 Å². The van der Waals surface area contributed by atoms with Crippen molar-refractivity contribution in [3.05, 3.63) is 40.5 Å². The summed E-state index contributed by atoms with van der Waals surface area (Å²) in [6.07, 6.45) is 1.36. The third-order valence-corrected chi connectivity index (χ3v) is 4.45. The highest BCUT2D eigenvalue weighted by molar-refractivity contribution is 9.10. The number of hydrogen-bond acceptors (Lipinski definition) is 4. The summed E-state index contributed by atoms with van der Waals surface area (Å²) in [4.78, 5) is 0.240. The molecule has 9 heteroatoms. The molecule has 0 spiro atoms. The van der Waals surface area contributed by atoms with Crippen LogP contribution in [0, 0.1) is 0 Å². The molecule has 0 fully saturated rings. The van der Waals surface area contributed by atoms with Crippen molar-refractivity contribution in [1.82, 2.24) is 10.2 Å². The van der Waals surface area contributed by atoms with E-state index in [1.807, 2.05) is 0 Å². The van der Waals surface area contributed by atoms with Gasteiger partial charge in [0.1, 0.15) is 4.99 Å². The molecule has 0 bridgehead atoms. The quantitative estimate of drug-likeness (QED) is 0.719. The SMILES string of the molecule is NC(=S)c1ccc(NS(=O)(=O)c2ccn[nH]2)c(Br)c1. The maximum Gasteiger partial charge on any atom is 0.278 e. The van der Waals surface area contributed by atoms with E-state index in [-0.39, 0.29) is 10.0 Å². The average molecular weight is 361 g/mol. The average Bonchev–Trinajstić information content (AvgIpc) is 2.85. The zero-order chi connectivity index (χ0) is 14.0. The molecular weight excluding hydrogens is 352 g/mol. The van der Waals surface area contributed by atoms with Gasteiger partial charge in [-0.25, -0.2) is 0 Å². The molecule has 0 unspecified atom stereocenters. The van der Waals surface area contributed by atoms with Gasteiger partial charge in [0.25, 0.3) is 10.0 Å². The Hall–Kier alpha value is -1.45. The highest BCUT2D eigenvalue weighted by Crippen LogP contribution is 2.25. The van der Waals surface area contributed by atoms with Crippen molar-refractivity contribution in [2.24, 2.45) is 5.73 Å². The summed E-state index contributed by atoms with van der Waals surface area (Å²) in [5.74, 6) is 0. The Morgan fingerprint density at radius 1 is 1.42 bits per heavy atom. The van der Waals surface area contributed by atoms with Gasteiger partial charge >= 0.3 is 0 Å². The van der Waals surface area contributed by atoms with Crippen LogP contribution in [-0.4, -0.2) is 23.6 Å². The zero-order valence-electron chi connectivity index (χ0n) is 9.42. The van der Waals surface area contributed by atoms with E-state index in [0.29, 0.717) is 15.7 Å². The Bertz CT molecular complexity index is 713. The number of nitrogens with two attached hydrogens (primary N) is 1. The second-order valence-corrected chi connectivity index (χ2v) is 6.53. The summed E-state index contributed by atoms with van der Waals surface area (Å²) >= 11 is 8.11. The molecule has 1 aromatic heterocycles. The van der Waals surface area contributed by atoms with Crippen LogP contribution in [0.1, 0.15) is 5.56 Å². The first kappa shape index (κ1) is 14.0. The van der Waals surface area contributed by atoms with Crippen LogP contribution < -0.4 is 10.5 Å². The molecule has 0 aliphatic rings. The monoisotopic (exact) mass is 360 g/mol. The lowest BCUT2D eigenvalue weighted by Crippen LogP contribution is -2.14. The van der Waals surface area contributed by atoms with E-state index in [2.05, 4.69) is 30.8 Å². The molecule has 0 aliphatic carbocycles. The first-order valence-corrected chi connectivity index (χ1v) is 7.70. The number of nitrogens with one attached hydrogen (secondary N) is 2. The van der Waals surface area contributed by atoms with Crippen LogP contribution in [0.3, 0.4) is 0 Å². The number of thiocarbonyl (C=S) groups is 1. The van der Waals surface area contributed by atoms with Gasteiger partial charge in [0, 0.05) is 10.0 Å². The lowest BCUT2D eigenvalue weighted by molar-refractivity contribution is 0.597. The lowest BCUT2D eigenvalue weighted by Gasteiger charge is -2.09. The van der Waals surface area contributed by atoms with E-state index in [9.17, 15) is 8.42 Å². The number of anilines is 1. The van der Waals surface area contributed by atoms with Gasteiger partial charge in [-0.15, -0.1) is 0 Å². The number of hydrogen-bond donors (Lipinski definition) is 3. The number of aromatic nitrogens is 2. The summed E-state index contributed by atoms with van der Waals surface area (Å²) in [5, 5.41) is 5.97. The molecule has 2 aromatic rings. The van der Waals surface area contributed by atoms with E-state index in [4.69, 9.17) is 18.0 Å². The minimum atomic E-state index is -3.69. The van der Waals surface area contributed by atoms with Crippen molar-refractivity contribution in [2.75, 3.05) is 4.72 Å². The zero-order valence-corrected chi connectivity index (χ0v) is 12.6. The van der Waals surface area contributed by atoms with Gasteiger partial charge in [-0.05, 0) is 40.2 Å². The molecule has 100 valence electrons. The summed E-state index contributed by atoms with van der Waals surface area (Å²) in [6.45, 7) is 0. The van der Waals surface area contributed by atoms with Crippen molar-refractivity contribution < 1.29 is 8.42 Å². The first-order chi connectivity index (χ1) is 8.90. The summed E-state index contributed by atoms with van der Waals surface area (Å²) < 4.78 is 26.9. The second-order valence-electron chi connectivity index (χ2n) is 3.59. The number of rotatable bonds is 4. The number of halogens is 1. The van der Waals surface area contributed by atoms with Crippen molar-refractivity contribution >= 4 is 48.8 Å². The fourth-order valence-corrected chi connectivity index (χ4v) is 3.07. The molecule has 0 aliphatic heterocycles. The van der Waals surface area contributed by atoms with Gasteiger partial charge in [0.15, 0.2) is 5.03 Å². The molecule has 0 amide bonds. The molecule has 0 saturated heterocycles. The lowest BCUT2D eigenvalue weighted by atomic mass is 10.2. The van der Waals surface area contributed by atoms with Crippen molar-refractivity contribution in [3.8, 4) is 0 Å². The number of aromatic amines is 1. The van der Waals surface area contributed by atoms with E-state index in [0.717, 1.165) is 0 Å². The van der Waals surface area contributed by atoms with Gasteiger partial charge < -0.3 is 5.73 Å². The third-order valence-electron chi connectivity index (χ3n) is 2.26. The molecule has 0 radical (unpaired) electrons. The molecule has 19 heavy (non-hydrogen) atoms. The van der Waals surface area contributed by atoms with Crippen LogP contribution in [0.2, 0.25) is 0 Å². The van der Waals surface area contributed by atoms with Crippen molar-refractivity contribution in [3.63, 3.8) is 0 Å². The number of sulfonamides is 1. The molecular formula is C10H9BrN4O2S2. The smallest absolute Gasteiger partial charge is 0.278 e. The fourth-order valence-electron chi connectivity index (χ4n) is 1.34. The maximum atomic E-state index is 12.0. The topological polar surface area (TPSA) is 101 Å². The first-order valence-electron chi connectivity index (χ1n) is 5.02. The predicted octanol–water partition coefficient (Wildman–Crippen LogP) is 1.61. The highest BCUT2D eigenvalue weighted by atomic mass is 79.9. The molecule has 1 aromatic carbocycles.